The van der Waals surface area contributed by atoms with Crippen LogP contribution in [0.2, 0.25) is 0 Å². The van der Waals surface area contributed by atoms with Crippen molar-refractivity contribution in [3.63, 3.8) is 0 Å². The van der Waals surface area contributed by atoms with Crippen molar-refractivity contribution < 1.29 is 5.11 Å². The molecule has 3 fully saturated rings. The van der Waals surface area contributed by atoms with E-state index in [4.69, 9.17) is 5.11 Å². The van der Waals surface area contributed by atoms with E-state index in [9.17, 15) is 0 Å². The van der Waals surface area contributed by atoms with Gasteiger partial charge in [0.25, 0.3) is 0 Å². The summed E-state index contributed by atoms with van der Waals surface area (Å²) in [7, 11) is 0. The Morgan fingerprint density at radius 1 is 1.58 bits per heavy atom. The first kappa shape index (κ1) is 8.27. The van der Waals surface area contributed by atoms with Crippen LogP contribution in [-0.2, 0) is 0 Å². The number of piperidine rings is 3. The summed E-state index contributed by atoms with van der Waals surface area (Å²) in [6.07, 6.45) is 4.56. The molecule has 0 saturated carbocycles. The van der Waals surface area contributed by atoms with E-state index in [0.717, 1.165) is 12.5 Å². The Bertz CT molecular complexity index is 181. The van der Waals surface area contributed by atoms with Crippen LogP contribution in [0.4, 0.5) is 0 Å². The van der Waals surface area contributed by atoms with Gasteiger partial charge in [0.2, 0.25) is 0 Å². The maximum atomic E-state index is 9.10. The third-order valence-corrected chi connectivity index (χ3v) is 3.44. The van der Waals surface area contributed by atoms with Crippen molar-refractivity contribution in [1.29, 1.82) is 0 Å². The molecule has 12 heavy (non-hydrogen) atoms. The highest BCUT2D eigenvalue weighted by Crippen LogP contribution is 2.36. The van der Waals surface area contributed by atoms with Gasteiger partial charge in [-0.2, -0.15) is 0 Å². The molecular formula is C10H17NO. The highest BCUT2D eigenvalue weighted by molar-refractivity contribution is 4.98. The first-order chi connectivity index (χ1) is 5.85. The third kappa shape index (κ3) is 1.19. The van der Waals surface area contributed by atoms with Crippen LogP contribution in [-0.4, -0.2) is 35.7 Å². The first-order valence-electron chi connectivity index (χ1n) is 4.82. The van der Waals surface area contributed by atoms with Crippen LogP contribution >= 0.6 is 0 Å². The molecule has 1 unspecified atom stereocenters. The zero-order chi connectivity index (χ0) is 8.55. The average Bonchev–Trinajstić information content (AvgIpc) is 2.18. The molecule has 0 aromatic carbocycles. The lowest BCUT2D eigenvalue weighted by atomic mass is 9.76. The molecule has 68 valence electrons. The Labute approximate surface area is 73.9 Å². The van der Waals surface area contributed by atoms with Gasteiger partial charge in [0.15, 0.2) is 0 Å². The van der Waals surface area contributed by atoms with Gasteiger partial charge in [-0.1, -0.05) is 6.08 Å². The van der Waals surface area contributed by atoms with E-state index in [2.05, 4.69) is 17.6 Å². The molecule has 0 radical (unpaired) electrons. The second-order valence-corrected chi connectivity index (χ2v) is 4.02. The topological polar surface area (TPSA) is 23.5 Å². The fraction of sp³-hybridized carbons (Fsp3) is 0.800. The zero-order valence-electron chi connectivity index (χ0n) is 7.45. The van der Waals surface area contributed by atoms with Crippen molar-refractivity contribution >= 4 is 0 Å². The lowest BCUT2D eigenvalue weighted by Gasteiger charge is -2.48. The lowest BCUT2D eigenvalue weighted by molar-refractivity contribution is -0.00631. The van der Waals surface area contributed by atoms with Crippen LogP contribution in [0.15, 0.2) is 12.7 Å². The largest absolute Gasteiger partial charge is 0.395 e. The van der Waals surface area contributed by atoms with Gasteiger partial charge in [-0.05, 0) is 31.2 Å². The number of aliphatic hydroxyl groups excluding tert-OH is 1. The second-order valence-electron chi connectivity index (χ2n) is 4.02. The standard InChI is InChI=1S/C10H17NO/c1-2-8-6-11-4-3-9(8)5-10(11)7-12/h2,8-10,12H,1,3-7H2/t8-,9-,10-/m0/s1. The van der Waals surface area contributed by atoms with Crippen LogP contribution in [0.3, 0.4) is 0 Å². The quantitative estimate of drug-likeness (QED) is 0.617. The molecule has 2 nitrogen and oxygen atoms in total. The predicted molar refractivity (Wildman–Crippen MR) is 48.9 cm³/mol. The van der Waals surface area contributed by atoms with E-state index in [1.807, 2.05) is 0 Å². The molecule has 0 aromatic heterocycles. The van der Waals surface area contributed by atoms with E-state index in [1.54, 1.807) is 0 Å². The fourth-order valence-corrected chi connectivity index (χ4v) is 2.64. The second kappa shape index (κ2) is 3.19. The van der Waals surface area contributed by atoms with Gasteiger partial charge in [-0.15, -0.1) is 6.58 Å². The van der Waals surface area contributed by atoms with Crippen molar-refractivity contribution in [2.75, 3.05) is 19.7 Å². The molecule has 3 rings (SSSR count). The molecule has 2 bridgehead atoms. The highest BCUT2D eigenvalue weighted by atomic mass is 16.3. The molecule has 0 spiro atoms. The van der Waals surface area contributed by atoms with E-state index >= 15 is 0 Å². The van der Waals surface area contributed by atoms with E-state index in [0.29, 0.717) is 18.6 Å². The summed E-state index contributed by atoms with van der Waals surface area (Å²) in [6, 6.07) is 0.444. The minimum Gasteiger partial charge on any atom is -0.395 e. The molecule has 2 heteroatoms. The van der Waals surface area contributed by atoms with Gasteiger partial charge in [0.05, 0.1) is 6.61 Å². The van der Waals surface area contributed by atoms with Gasteiger partial charge in [-0.3, -0.25) is 4.90 Å². The lowest BCUT2D eigenvalue weighted by Crippen LogP contribution is -2.54. The number of fused-ring (bicyclic) bond motifs is 3. The molecule has 3 aliphatic rings. The van der Waals surface area contributed by atoms with Crippen LogP contribution < -0.4 is 0 Å². The molecule has 1 N–H and O–H groups in total. The average molecular weight is 167 g/mol. The number of aliphatic hydroxyl groups is 1. The van der Waals surface area contributed by atoms with Gasteiger partial charge >= 0.3 is 0 Å². The SMILES string of the molecule is C=C[C@H]1CN2CC[C@H]1C[C@H]2CO. The summed E-state index contributed by atoms with van der Waals surface area (Å²) in [5, 5.41) is 9.10. The molecule has 0 aliphatic carbocycles. The molecule has 3 heterocycles. The molecular weight excluding hydrogens is 150 g/mol. The van der Waals surface area contributed by atoms with Gasteiger partial charge in [0, 0.05) is 12.6 Å². The van der Waals surface area contributed by atoms with Gasteiger partial charge < -0.3 is 5.11 Å². The maximum absolute atomic E-state index is 9.10. The summed E-state index contributed by atoms with van der Waals surface area (Å²) in [5.41, 5.74) is 0. The summed E-state index contributed by atoms with van der Waals surface area (Å²) in [6.45, 7) is 6.50. The van der Waals surface area contributed by atoms with Gasteiger partial charge in [0.1, 0.15) is 0 Å². The van der Waals surface area contributed by atoms with Crippen molar-refractivity contribution in [3.05, 3.63) is 12.7 Å². The predicted octanol–water partition coefficient (Wildman–Crippen LogP) is 0.875. The smallest absolute Gasteiger partial charge is 0.0586 e. The van der Waals surface area contributed by atoms with Crippen molar-refractivity contribution in [2.45, 2.75) is 18.9 Å². The number of hydrogen-bond acceptors (Lipinski definition) is 2. The number of hydrogen-bond donors (Lipinski definition) is 1. The van der Waals surface area contributed by atoms with E-state index in [1.165, 1.54) is 19.4 Å². The minimum absolute atomic E-state index is 0.334. The Morgan fingerprint density at radius 3 is 2.92 bits per heavy atom. The van der Waals surface area contributed by atoms with Crippen molar-refractivity contribution in [1.82, 2.24) is 4.90 Å². The van der Waals surface area contributed by atoms with Crippen molar-refractivity contribution in [2.24, 2.45) is 11.8 Å². The van der Waals surface area contributed by atoms with Crippen LogP contribution in [0.25, 0.3) is 0 Å². The fourth-order valence-electron chi connectivity index (χ4n) is 2.64. The Balaban J connectivity index is 2.05. The van der Waals surface area contributed by atoms with Crippen LogP contribution in [0.5, 0.6) is 0 Å². The summed E-state index contributed by atoms with van der Waals surface area (Å²) in [5.74, 6) is 1.48. The zero-order valence-corrected chi connectivity index (χ0v) is 7.45. The van der Waals surface area contributed by atoms with E-state index < -0.39 is 0 Å². The van der Waals surface area contributed by atoms with E-state index in [-0.39, 0.29) is 0 Å². The molecule has 4 atom stereocenters. The minimum atomic E-state index is 0.334. The van der Waals surface area contributed by atoms with Gasteiger partial charge in [-0.25, -0.2) is 0 Å². The third-order valence-electron chi connectivity index (χ3n) is 3.44. The highest BCUT2D eigenvalue weighted by Gasteiger charge is 2.38. The van der Waals surface area contributed by atoms with Crippen LogP contribution in [0.1, 0.15) is 12.8 Å². The molecule has 0 amide bonds. The Kier molecular flexibility index (Phi) is 2.20. The summed E-state index contributed by atoms with van der Waals surface area (Å²) < 4.78 is 0. The molecule has 3 aliphatic heterocycles. The monoisotopic (exact) mass is 167 g/mol. The first-order valence-corrected chi connectivity index (χ1v) is 4.82. The maximum Gasteiger partial charge on any atom is 0.0586 e. The Hall–Kier alpha value is -0.340. The molecule has 0 aromatic rings. The summed E-state index contributed by atoms with van der Waals surface area (Å²) in [4.78, 5) is 2.41. The van der Waals surface area contributed by atoms with Crippen LogP contribution in [0, 0.1) is 11.8 Å². The van der Waals surface area contributed by atoms with Crippen molar-refractivity contribution in [3.8, 4) is 0 Å². The number of rotatable bonds is 2. The molecule has 3 saturated heterocycles. The summed E-state index contributed by atoms with van der Waals surface area (Å²) >= 11 is 0. The number of nitrogens with zero attached hydrogens (tertiary/aromatic N) is 1. The Morgan fingerprint density at radius 2 is 2.42 bits per heavy atom. The normalized spacial score (nSPS) is 46.1.